The van der Waals surface area contributed by atoms with E-state index in [1.807, 2.05) is 11.8 Å². The maximum atomic E-state index is 11.2. The number of carbonyl (C=O) groups excluding carboxylic acids is 2. The molecular weight excluding hydrogens is 252 g/mol. The lowest BCUT2D eigenvalue weighted by molar-refractivity contribution is -0.121. The molecule has 2 radical (unpaired) electrons. The van der Waals surface area contributed by atoms with Gasteiger partial charge in [-0.3, -0.25) is 10.2 Å². The predicted molar refractivity (Wildman–Crippen MR) is 69.5 cm³/mol. The summed E-state index contributed by atoms with van der Waals surface area (Å²) >= 11 is 1.90. The van der Waals surface area contributed by atoms with Gasteiger partial charge in [0.1, 0.15) is 0 Å². The quantitative estimate of drug-likeness (QED) is 0.237. The van der Waals surface area contributed by atoms with Crippen molar-refractivity contribution in [1.29, 1.82) is 0 Å². The highest BCUT2D eigenvalue weighted by Crippen LogP contribution is 2.33. The van der Waals surface area contributed by atoms with Crippen LogP contribution in [0, 0.1) is 7.05 Å². The van der Waals surface area contributed by atoms with Gasteiger partial charge in [-0.1, -0.05) is 6.42 Å². The van der Waals surface area contributed by atoms with Crippen molar-refractivity contribution in [2.75, 3.05) is 5.75 Å². The van der Waals surface area contributed by atoms with Crippen LogP contribution in [0.5, 0.6) is 0 Å². The molecule has 0 aromatic carbocycles. The molecule has 0 aromatic rings. The lowest BCUT2D eigenvalue weighted by Gasteiger charge is -2.16. The third kappa shape index (κ3) is 3.29. The molecule has 6 nitrogen and oxygen atoms in total. The number of thioether (sulfide) groups is 1. The van der Waals surface area contributed by atoms with E-state index < -0.39 is 0 Å². The summed E-state index contributed by atoms with van der Waals surface area (Å²) < 4.78 is 0. The van der Waals surface area contributed by atoms with Gasteiger partial charge in [0.15, 0.2) is 0 Å². The van der Waals surface area contributed by atoms with Crippen LogP contribution in [-0.4, -0.2) is 35.0 Å². The van der Waals surface area contributed by atoms with E-state index in [0.717, 1.165) is 25.0 Å². The third-order valence-electron chi connectivity index (χ3n) is 3.29. The van der Waals surface area contributed by atoms with Crippen LogP contribution in [0.15, 0.2) is 0 Å². The second kappa shape index (κ2) is 6.29. The van der Waals surface area contributed by atoms with Crippen molar-refractivity contribution in [1.82, 2.24) is 21.5 Å². The molecule has 2 rings (SSSR count). The van der Waals surface area contributed by atoms with E-state index in [0.29, 0.717) is 11.7 Å². The Morgan fingerprint density at radius 3 is 3.06 bits per heavy atom. The van der Waals surface area contributed by atoms with Crippen molar-refractivity contribution in [2.24, 2.45) is 0 Å². The van der Waals surface area contributed by atoms with Crippen LogP contribution in [-0.2, 0) is 4.79 Å². The molecular formula is C11H18N4O2S. The van der Waals surface area contributed by atoms with Gasteiger partial charge in [-0.15, -0.1) is 0 Å². The van der Waals surface area contributed by atoms with Crippen molar-refractivity contribution in [3.8, 4) is 0 Å². The number of unbranched alkanes of at least 4 members (excludes halogenated alkanes) is 1. The number of hydrogen-bond donors (Lipinski definition) is 4. The number of urea groups is 1. The molecule has 2 aliphatic heterocycles. The minimum atomic E-state index is -0.0923. The summed E-state index contributed by atoms with van der Waals surface area (Å²) in [6, 6.07) is 0.475. The second-order valence-corrected chi connectivity index (χ2v) is 5.83. The zero-order valence-corrected chi connectivity index (χ0v) is 10.9. The summed E-state index contributed by atoms with van der Waals surface area (Å²) in [4.78, 5) is 22.3. The molecule has 18 heavy (non-hydrogen) atoms. The van der Waals surface area contributed by atoms with Gasteiger partial charge in [-0.25, -0.2) is 10.2 Å². The van der Waals surface area contributed by atoms with Crippen molar-refractivity contribution >= 4 is 23.7 Å². The molecule has 0 spiro atoms. The highest BCUT2D eigenvalue weighted by atomic mass is 32.2. The maximum absolute atomic E-state index is 11.2. The summed E-state index contributed by atoms with van der Waals surface area (Å²) in [6.45, 7) is 0. The second-order valence-electron chi connectivity index (χ2n) is 4.56. The Kier molecular flexibility index (Phi) is 4.71. The summed E-state index contributed by atoms with van der Waals surface area (Å²) in [6.07, 6.45) is 3.31. The summed E-state index contributed by atoms with van der Waals surface area (Å²) in [7, 11) is 4.97. The predicted octanol–water partition coefficient (Wildman–Crippen LogP) is 0.00159. The van der Waals surface area contributed by atoms with Gasteiger partial charge in [0.05, 0.1) is 19.1 Å². The standard InChI is InChI=1S/C11H18N4O2S/c1-12-15-9(16)5-3-2-4-8-10-7(6-18-8)13-11(17)14-10/h1,7-8,10,12H,2-6H2,(H,15,16)(H2,13,14,17). The fraction of sp³-hybridized carbons (Fsp3) is 0.727. The van der Waals surface area contributed by atoms with Crippen molar-refractivity contribution < 1.29 is 9.59 Å². The van der Waals surface area contributed by atoms with E-state index in [1.54, 1.807) is 0 Å². The first-order chi connectivity index (χ1) is 8.70. The normalized spacial score (nSPS) is 29.6. The highest BCUT2D eigenvalue weighted by Gasteiger charge is 2.42. The lowest BCUT2D eigenvalue weighted by atomic mass is 10.0. The van der Waals surface area contributed by atoms with Gasteiger partial charge < -0.3 is 10.6 Å². The van der Waals surface area contributed by atoms with Crippen LogP contribution in [0.2, 0.25) is 0 Å². The monoisotopic (exact) mass is 270 g/mol. The number of hydrazine groups is 1. The highest BCUT2D eigenvalue weighted by molar-refractivity contribution is 8.00. The third-order valence-corrected chi connectivity index (χ3v) is 4.80. The van der Waals surface area contributed by atoms with Crippen LogP contribution >= 0.6 is 11.8 Å². The van der Waals surface area contributed by atoms with Crippen LogP contribution in [0.3, 0.4) is 0 Å². The first kappa shape index (κ1) is 13.5. The Balaban J connectivity index is 1.62. The smallest absolute Gasteiger partial charge is 0.315 e. The summed E-state index contributed by atoms with van der Waals surface area (Å²) in [5.41, 5.74) is 4.46. The maximum Gasteiger partial charge on any atom is 0.315 e. The molecule has 4 N–H and O–H groups in total. The van der Waals surface area contributed by atoms with Gasteiger partial charge >= 0.3 is 6.03 Å². The fourth-order valence-electron chi connectivity index (χ4n) is 2.42. The van der Waals surface area contributed by atoms with Crippen LogP contribution in [0.1, 0.15) is 25.7 Å². The Morgan fingerprint density at radius 2 is 2.28 bits per heavy atom. The topological polar surface area (TPSA) is 82.3 Å². The van der Waals surface area contributed by atoms with Crippen molar-refractivity contribution in [2.45, 2.75) is 43.0 Å². The first-order valence-corrected chi connectivity index (χ1v) is 7.18. The van der Waals surface area contributed by atoms with Gasteiger partial charge in [-0.2, -0.15) is 11.8 Å². The fourth-order valence-corrected chi connectivity index (χ4v) is 3.96. The van der Waals surface area contributed by atoms with E-state index >= 15 is 0 Å². The van der Waals surface area contributed by atoms with Gasteiger partial charge in [0, 0.05) is 17.4 Å². The molecule has 2 heterocycles. The summed E-state index contributed by atoms with van der Waals surface area (Å²) in [5, 5.41) is 6.34. The molecule has 100 valence electrons. The van der Waals surface area contributed by atoms with Crippen molar-refractivity contribution in [3.05, 3.63) is 7.05 Å². The molecule has 3 atom stereocenters. The number of carbonyl (C=O) groups is 2. The van der Waals surface area contributed by atoms with Crippen molar-refractivity contribution in [3.63, 3.8) is 0 Å². The minimum absolute atomic E-state index is 0.0521. The number of amides is 3. The largest absolute Gasteiger partial charge is 0.332 e. The summed E-state index contributed by atoms with van der Waals surface area (Å²) in [5.74, 6) is 0.886. The van der Waals surface area contributed by atoms with Crippen LogP contribution in [0.25, 0.3) is 0 Å². The average molecular weight is 270 g/mol. The molecule has 0 bridgehead atoms. The molecule has 2 aliphatic rings. The van der Waals surface area contributed by atoms with Gasteiger partial charge in [0.25, 0.3) is 0 Å². The lowest BCUT2D eigenvalue weighted by Crippen LogP contribution is -2.36. The first-order valence-electron chi connectivity index (χ1n) is 6.14. The average Bonchev–Trinajstić information content (AvgIpc) is 2.85. The number of hydrogen-bond acceptors (Lipinski definition) is 4. The number of nitrogens with one attached hydrogen (secondary N) is 4. The van der Waals surface area contributed by atoms with E-state index in [9.17, 15) is 9.59 Å². The SMILES string of the molecule is [CH]NNC(=O)CCCCC1SCC2NC(=O)NC21. The van der Waals surface area contributed by atoms with E-state index in [2.05, 4.69) is 21.5 Å². The molecule has 2 fully saturated rings. The molecule has 0 saturated carbocycles. The molecule has 3 unspecified atom stereocenters. The Morgan fingerprint density at radius 1 is 1.44 bits per heavy atom. The van der Waals surface area contributed by atoms with Gasteiger partial charge in [-0.05, 0) is 12.8 Å². The van der Waals surface area contributed by atoms with E-state index in [-0.39, 0.29) is 24.0 Å². The molecule has 0 aromatic heterocycles. The minimum Gasteiger partial charge on any atom is -0.332 e. The zero-order chi connectivity index (χ0) is 13.0. The Labute approximate surface area is 111 Å². The molecule has 3 amide bonds. The van der Waals surface area contributed by atoms with E-state index in [4.69, 9.17) is 7.05 Å². The van der Waals surface area contributed by atoms with E-state index in [1.165, 1.54) is 0 Å². The zero-order valence-electron chi connectivity index (χ0n) is 10.1. The van der Waals surface area contributed by atoms with Crippen LogP contribution < -0.4 is 21.5 Å². The number of fused-ring (bicyclic) bond motifs is 1. The molecule has 2 saturated heterocycles. The molecule has 7 heteroatoms. The number of rotatable bonds is 6. The Hall–Kier alpha value is -0.950. The van der Waals surface area contributed by atoms with Gasteiger partial charge in [0.2, 0.25) is 5.91 Å². The van der Waals surface area contributed by atoms with Crippen LogP contribution in [0.4, 0.5) is 4.79 Å². The Bertz CT molecular complexity index is 326. The molecule has 0 aliphatic carbocycles.